The van der Waals surface area contributed by atoms with Crippen LogP contribution in [0.5, 0.6) is 0 Å². The quantitative estimate of drug-likeness (QED) is 0.398. The second-order valence-corrected chi connectivity index (χ2v) is 9.68. The number of hydrogen-bond donors (Lipinski definition) is 2. The first-order valence-corrected chi connectivity index (χ1v) is 13.1. The number of nitrogens with zero attached hydrogens (tertiary/aromatic N) is 4. The summed E-state index contributed by atoms with van der Waals surface area (Å²) in [6.45, 7) is 9.66. The molecule has 192 valence electrons. The molecule has 1 atom stereocenters. The highest BCUT2D eigenvalue weighted by molar-refractivity contribution is 6.05. The van der Waals surface area contributed by atoms with Crippen LogP contribution in [-0.4, -0.2) is 52.9 Å². The SMILES string of the molecule is CCCC1CN(CCC)CCN1Cc1cnc(-c2ccc(C(=O)Nc3ccccc3N)cc2)c(C#N)c1. The first kappa shape index (κ1) is 26.3. The number of amides is 1. The Kier molecular flexibility index (Phi) is 8.89. The van der Waals surface area contributed by atoms with Crippen molar-refractivity contribution in [1.82, 2.24) is 14.8 Å². The van der Waals surface area contributed by atoms with E-state index in [-0.39, 0.29) is 5.91 Å². The molecular formula is C30H36N6O. The molecule has 1 aromatic heterocycles. The smallest absolute Gasteiger partial charge is 0.255 e. The van der Waals surface area contributed by atoms with Gasteiger partial charge in [-0.15, -0.1) is 0 Å². The summed E-state index contributed by atoms with van der Waals surface area (Å²) in [6.07, 6.45) is 5.40. The Balaban J connectivity index is 1.46. The first-order chi connectivity index (χ1) is 18.0. The number of para-hydroxylation sites is 2. The van der Waals surface area contributed by atoms with Gasteiger partial charge in [-0.1, -0.05) is 44.5 Å². The zero-order valence-corrected chi connectivity index (χ0v) is 21.8. The van der Waals surface area contributed by atoms with Crippen LogP contribution in [0.25, 0.3) is 11.3 Å². The van der Waals surface area contributed by atoms with E-state index in [1.807, 2.05) is 36.5 Å². The van der Waals surface area contributed by atoms with Crippen molar-refractivity contribution in [2.75, 3.05) is 37.2 Å². The molecule has 3 aromatic rings. The van der Waals surface area contributed by atoms with E-state index in [0.29, 0.717) is 34.2 Å². The number of piperazine rings is 1. The van der Waals surface area contributed by atoms with E-state index in [9.17, 15) is 10.1 Å². The normalized spacial score (nSPS) is 16.3. The fraction of sp³-hybridized carbons (Fsp3) is 0.367. The fourth-order valence-electron chi connectivity index (χ4n) is 5.02. The number of nitrogens with one attached hydrogen (secondary N) is 1. The van der Waals surface area contributed by atoms with E-state index in [4.69, 9.17) is 5.73 Å². The number of anilines is 2. The van der Waals surface area contributed by atoms with Crippen LogP contribution in [0.1, 0.15) is 54.6 Å². The second kappa shape index (κ2) is 12.5. The predicted molar refractivity (Wildman–Crippen MR) is 149 cm³/mol. The van der Waals surface area contributed by atoms with E-state index >= 15 is 0 Å². The summed E-state index contributed by atoms with van der Waals surface area (Å²) in [7, 11) is 0. The Morgan fingerprint density at radius 3 is 2.62 bits per heavy atom. The van der Waals surface area contributed by atoms with Gasteiger partial charge in [-0.05, 0) is 55.3 Å². The van der Waals surface area contributed by atoms with Gasteiger partial charge in [0, 0.05) is 49.5 Å². The van der Waals surface area contributed by atoms with Gasteiger partial charge in [-0.2, -0.15) is 5.26 Å². The van der Waals surface area contributed by atoms with Crippen LogP contribution < -0.4 is 11.1 Å². The van der Waals surface area contributed by atoms with Gasteiger partial charge in [-0.25, -0.2) is 0 Å². The number of aromatic nitrogens is 1. The van der Waals surface area contributed by atoms with Crippen molar-refractivity contribution >= 4 is 17.3 Å². The van der Waals surface area contributed by atoms with Crippen LogP contribution >= 0.6 is 0 Å². The number of pyridine rings is 1. The Hall–Kier alpha value is -3.73. The third kappa shape index (κ3) is 6.53. The van der Waals surface area contributed by atoms with Crippen molar-refractivity contribution in [2.45, 2.75) is 45.7 Å². The van der Waals surface area contributed by atoms with Crippen molar-refractivity contribution in [2.24, 2.45) is 0 Å². The highest BCUT2D eigenvalue weighted by Crippen LogP contribution is 2.25. The molecule has 0 aliphatic carbocycles. The molecule has 0 saturated carbocycles. The van der Waals surface area contributed by atoms with E-state index in [0.717, 1.165) is 50.3 Å². The number of rotatable bonds is 9. The topological polar surface area (TPSA) is 98.3 Å². The molecule has 7 nitrogen and oxygen atoms in total. The van der Waals surface area contributed by atoms with Crippen molar-refractivity contribution in [3.05, 3.63) is 77.5 Å². The molecule has 7 heteroatoms. The molecule has 2 heterocycles. The van der Waals surface area contributed by atoms with Gasteiger partial charge in [-0.3, -0.25) is 14.7 Å². The van der Waals surface area contributed by atoms with Gasteiger partial charge in [0.25, 0.3) is 5.91 Å². The molecule has 1 fully saturated rings. The minimum Gasteiger partial charge on any atom is -0.397 e. The summed E-state index contributed by atoms with van der Waals surface area (Å²) < 4.78 is 0. The van der Waals surface area contributed by atoms with E-state index in [1.165, 1.54) is 12.8 Å². The average molecular weight is 497 g/mol. The van der Waals surface area contributed by atoms with E-state index in [2.05, 4.69) is 40.0 Å². The van der Waals surface area contributed by atoms with Gasteiger partial charge in [0.15, 0.2) is 0 Å². The van der Waals surface area contributed by atoms with Crippen LogP contribution in [0.2, 0.25) is 0 Å². The minimum atomic E-state index is -0.242. The van der Waals surface area contributed by atoms with Crippen LogP contribution in [0.3, 0.4) is 0 Å². The van der Waals surface area contributed by atoms with Crippen LogP contribution in [-0.2, 0) is 6.54 Å². The highest BCUT2D eigenvalue weighted by atomic mass is 16.1. The molecule has 0 radical (unpaired) electrons. The lowest BCUT2D eigenvalue weighted by atomic mass is 10.0. The highest BCUT2D eigenvalue weighted by Gasteiger charge is 2.26. The molecule has 4 rings (SSSR count). The van der Waals surface area contributed by atoms with Crippen molar-refractivity contribution < 1.29 is 4.79 Å². The standard InChI is InChI=1S/C30H36N6O/c1-3-7-26-21-35(14-4-2)15-16-36(26)20-22-17-25(18-31)29(33-19-22)23-10-12-24(13-11-23)30(37)34-28-9-6-5-8-27(28)32/h5-6,8-13,17,19,26H,3-4,7,14-16,20-21,32H2,1-2H3,(H,34,37). The lowest BCUT2D eigenvalue weighted by Gasteiger charge is -2.41. The van der Waals surface area contributed by atoms with Gasteiger partial charge < -0.3 is 16.0 Å². The summed E-state index contributed by atoms with van der Waals surface area (Å²) in [5.74, 6) is -0.242. The average Bonchev–Trinajstić information content (AvgIpc) is 2.92. The second-order valence-electron chi connectivity index (χ2n) is 9.68. The number of nitrogens with two attached hydrogens (primary N) is 1. The maximum atomic E-state index is 12.7. The van der Waals surface area contributed by atoms with Gasteiger partial charge in [0.1, 0.15) is 6.07 Å². The van der Waals surface area contributed by atoms with Gasteiger partial charge >= 0.3 is 0 Å². The van der Waals surface area contributed by atoms with Crippen LogP contribution in [0, 0.1) is 11.3 Å². The maximum absolute atomic E-state index is 12.7. The third-order valence-electron chi connectivity index (χ3n) is 6.93. The molecule has 0 bridgehead atoms. The molecule has 1 saturated heterocycles. The molecule has 3 N–H and O–H groups in total. The summed E-state index contributed by atoms with van der Waals surface area (Å²) in [5, 5.41) is 12.7. The number of carbonyl (C=O) groups is 1. The van der Waals surface area contributed by atoms with Crippen molar-refractivity contribution in [3.63, 3.8) is 0 Å². The third-order valence-corrected chi connectivity index (χ3v) is 6.93. The number of hydrogen-bond acceptors (Lipinski definition) is 6. The predicted octanol–water partition coefficient (Wildman–Crippen LogP) is 5.15. The van der Waals surface area contributed by atoms with E-state index < -0.39 is 0 Å². The monoisotopic (exact) mass is 496 g/mol. The minimum absolute atomic E-state index is 0.242. The molecule has 1 unspecified atom stereocenters. The van der Waals surface area contributed by atoms with Crippen molar-refractivity contribution in [3.8, 4) is 17.3 Å². The molecule has 1 aliphatic rings. The molecule has 2 aromatic carbocycles. The Labute approximate surface area is 219 Å². The fourth-order valence-corrected chi connectivity index (χ4v) is 5.02. The molecule has 1 aliphatic heterocycles. The van der Waals surface area contributed by atoms with Crippen molar-refractivity contribution in [1.29, 1.82) is 5.26 Å². The van der Waals surface area contributed by atoms with Gasteiger partial charge in [0.05, 0.1) is 22.6 Å². The molecule has 0 spiro atoms. The largest absolute Gasteiger partial charge is 0.397 e. The van der Waals surface area contributed by atoms with Gasteiger partial charge in [0.2, 0.25) is 0 Å². The van der Waals surface area contributed by atoms with E-state index in [1.54, 1.807) is 24.3 Å². The first-order valence-electron chi connectivity index (χ1n) is 13.1. The lowest BCUT2D eigenvalue weighted by Crippen LogP contribution is -2.52. The summed E-state index contributed by atoms with van der Waals surface area (Å²) in [4.78, 5) is 22.4. The lowest BCUT2D eigenvalue weighted by molar-refractivity contribution is 0.0633. The summed E-state index contributed by atoms with van der Waals surface area (Å²) >= 11 is 0. The maximum Gasteiger partial charge on any atom is 0.255 e. The zero-order chi connectivity index (χ0) is 26.2. The number of benzene rings is 2. The number of nitrogen functional groups attached to an aromatic ring is 1. The summed E-state index contributed by atoms with van der Waals surface area (Å²) in [5.41, 5.74) is 10.6. The molecule has 37 heavy (non-hydrogen) atoms. The van der Waals surface area contributed by atoms with Crippen LogP contribution in [0.15, 0.2) is 60.8 Å². The molecular weight excluding hydrogens is 460 g/mol. The Morgan fingerprint density at radius 2 is 1.92 bits per heavy atom. The molecule has 1 amide bonds. The Morgan fingerprint density at radius 1 is 1.14 bits per heavy atom. The summed E-state index contributed by atoms with van der Waals surface area (Å²) in [6, 6.07) is 19.1. The number of nitriles is 1. The van der Waals surface area contributed by atoms with Crippen LogP contribution in [0.4, 0.5) is 11.4 Å². The zero-order valence-electron chi connectivity index (χ0n) is 21.8. The number of carbonyl (C=O) groups excluding carboxylic acids is 1. The Bertz CT molecular complexity index is 1250.